The van der Waals surface area contributed by atoms with Crippen LogP contribution in [-0.2, 0) is 45.4 Å². The van der Waals surface area contributed by atoms with Gasteiger partial charge in [-0.15, -0.1) is 0 Å². The zero-order valence-corrected chi connectivity index (χ0v) is 60.8. The molecule has 3 aromatic heterocycles. The van der Waals surface area contributed by atoms with Crippen LogP contribution in [0.3, 0.4) is 0 Å². The van der Waals surface area contributed by atoms with Crippen molar-refractivity contribution < 1.29 is 38.1 Å². The van der Waals surface area contributed by atoms with Gasteiger partial charge in [0.1, 0.15) is 26.4 Å². The van der Waals surface area contributed by atoms with Gasteiger partial charge in [-0.3, -0.25) is 0 Å². The molecule has 114 heavy (non-hydrogen) atoms. The van der Waals surface area contributed by atoms with E-state index in [2.05, 4.69) is 24.9 Å². The number of ether oxygens (including phenoxy) is 4. The number of esters is 4. The Hall–Kier alpha value is -16.0. The molecule has 0 aliphatic heterocycles. The summed E-state index contributed by atoms with van der Waals surface area (Å²) in [7, 11) is 0. The van der Waals surface area contributed by atoms with E-state index in [0.717, 1.165) is 44.5 Å². The van der Waals surface area contributed by atoms with Crippen molar-refractivity contribution in [1.82, 2.24) is 24.1 Å². The van der Waals surface area contributed by atoms with E-state index in [-0.39, 0.29) is 66.2 Å². The molecule has 0 amide bonds. The van der Waals surface area contributed by atoms with Crippen LogP contribution in [0.5, 0.6) is 0 Å². The van der Waals surface area contributed by atoms with Crippen LogP contribution in [-0.4, -0.2) is 48.0 Å². The van der Waals surface area contributed by atoms with Crippen LogP contribution >= 0.6 is 0 Å². The fourth-order valence-corrected chi connectivity index (χ4v) is 14.3. The average Bonchev–Trinajstić information content (AvgIpc) is 1.58. The minimum Gasteiger partial charge on any atom is -0.457 e. The molecular weight excluding hydrogens is 1420 g/mol. The number of carbonyl (C=O) groups is 4. The lowest BCUT2D eigenvalue weighted by Crippen LogP contribution is -2.07. The van der Waals surface area contributed by atoms with Gasteiger partial charge in [-0.1, -0.05) is 206 Å². The summed E-state index contributed by atoms with van der Waals surface area (Å²) in [5.41, 5.74) is 15.4. The summed E-state index contributed by atoms with van der Waals surface area (Å²) in [5.74, 6) is -1.59. The maximum atomic E-state index is 14.3. The number of nitrogens with zero attached hydrogens (tertiary/aromatic N) is 8. The Morgan fingerprint density at radius 1 is 0.307 bits per heavy atom. The SMILES string of the molecule is [C-]#[N+]c1cccc(-c2ccc(-c3nc(-c4cc(-c5cccc(C#N)c5)ccc4-n4c5ccc(C(=O)OCc6ccccc6)cc5c5cc(C(=O)OCc6ccccc6)ccc54)nc(-c4cc(-c5cccc([N+]#[C-])c5)ccc4-n4c5ccc(C(=O)OCc6ccccc6)cc5c5cc(C(=O)OCc6ccccc6)ccc54)n3)cc2)c1. The Kier molecular flexibility index (Phi) is 19.5. The Morgan fingerprint density at radius 3 is 0.965 bits per heavy atom. The van der Waals surface area contributed by atoms with Crippen LogP contribution in [0, 0.1) is 24.5 Å². The summed E-state index contributed by atoms with van der Waals surface area (Å²) < 4.78 is 27.9. The molecule has 16 heteroatoms. The van der Waals surface area contributed by atoms with Crippen LogP contribution in [0.1, 0.15) is 69.2 Å². The number of carbonyl (C=O) groups excluding carboxylic acids is 4. The van der Waals surface area contributed by atoms with Crippen molar-refractivity contribution in [2.45, 2.75) is 26.4 Å². The second kappa shape index (κ2) is 31.3. The fourth-order valence-electron chi connectivity index (χ4n) is 14.3. The lowest BCUT2D eigenvalue weighted by atomic mass is 9.99. The third kappa shape index (κ3) is 14.6. The molecule has 0 aliphatic rings. The van der Waals surface area contributed by atoms with Gasteiger partial charge in [0.2, 0.25) is 0 Å². The van der Waals surface area contributed by atoms with Crippen molar-refractivity contribution in [3.8, 4) is 85.0 Å². The molecule has 17 rings (SSSR count). The summed E-state index contributed by atoms with van der Waals surface area (Å²) in [5, 5.41) is 12.8. The third-order valence-electron chi connectivity index (χ3n) is 20.0. The Labute approximate surface area is 654 Å². The molecule has 0 N–H and O–H groups in total. The predicted molar refractivity (Wildman–Crippen MR) is 441 cm³/mol. The zero-order chi connectivity index (χ0) is 77.6. The Morgan fingerprint density at radius 2 is 0.614 bits per heavy atom. The van der Waals surface area contributed by atoms with Crippen LogP contribution in [0.25, 0.3) is 132 Å². The second-order valence-electron chi connectivity index (χ2n) is 27.2. The number of nitriles is 1. The minimum atomic E-state index is -0.559. The topological polar surface area (TPSA) is 186 Å². The molecule has 0 spiro atoms. The van der Waals surface area contributed by atoms with Gasteiger partial charge in [-0.25, -0.2) is 43.8 Å². The first-order valence-corrected chi connectivity index (χ1v) is 36.6. The first kappa shape index (κ1) is 71.0. The number of fused-ring (bicyclic) bond motifs is 6. The van der Waals surface area contributed by atoms with Crippen molar-refractivity contribution in [3.05, 3.63) is 400 Å². The molecule has 14 aromatic carbocycles. The van der Waals surface area contributed by atoms with Crippen molar-refractivity contribution >= 4 is 78.9 Å². The van der Waals surface area contributed by atoms with E-state index in [1.807, 2.05) is 261 Å². The highest BCUT2D eigenvalue weighted by Gasteiger charge is 2.27. The molecular formula is C98H62N8O8. The molecule has 542 valence electrons. The van der Waals surface area contributed by atoms with Crippen molar-refractivity contribution in [1.29, 1.82) is 5.26 Å². The molecule has 0 fully saturated rings. The minimum absolute atomic E-state index is 0.0321. The van der Waals surface area contributed by atoms with E-state index < -0.39 is 23.9 Å². The largest absolute Gasteiger partial charge is 0.457 e. The van der Waals surface area contributed by atoms with Crippen molar-refractivity contribution in [3.63, 3.8) is 0 Å². The highest BCUT2D eigenvalue weighted by molar-refractivity contribution is 6.15. The third-order valence-corrected chi connectivity index (χ3v) is 20.0. The molecule has 3 heterocycles. The first-order chi connectivity index (χ1) is 56.0. The smallest absolute Gasteiger partial charge is 0.338 e. The maximum absolute atomic E-state index is 14.3. The average molecular weight is 1480 g/mol. The van der Waals surface area contributed by atoms with Gasteiger partial charge in [0.25, 0.3) is 0 Å². The van der Waals surface area contributed by atoms with E-state index >= 15 is 0 Å². The van der Waals surface area contributed by atoms with Crippen LogP contribution in [0.15, 0.2) is 328 Å². The second-order valence-corrected chi connectivity index (χ2v) is 27.2. The van der Waals surface area contributed by atoms with Gasteiger partial charge in [0.15, 0.2) is 28.8 Å². The van der Waals surface area contributed by atoms with E-state index in [0.29, 0.717) is 99.7 Å². The Bertz CT molecular complexity index is 6220. The van der Waals surface area contributed by atoms with E-state index in [1.165, 1.54) is 0 Å². The molecule has 0 atom stereocenters. The number of aromatic nitrogens is 5. The maximum Gasteiger partial charge on any atom is 0.338 e. The lowest BCUT2D eigenvalue weighted by Gasteiger charge is -2.18. The molecule has 16 nitrogen and oxygen atoms in total. The van der Waals surface area contributed by atoms with Crippen LogP contribution in [0.4, 0.5) is 11.4 Å². The summed E-state index contributed by atoms with van der Waals surface area (Å²) in [6.45, 7) is 16.1. The first-order valence-electron chi connectivity index (χ1n) is 36.6. The normalized spacial score (nSPS) is 11.1. The standard InChI is InChI=1S/C98H62N8O8/c1-100-78-30-16-28-70(49-78)67-32-34-68(35-33-67)92-102-93(84-51-72(69-27-15-26-66(48-69)57-99)36-42-90(84)105-86-44-38-74(95(107)111-58-62-18-7-3-8-19-62)53-80(86)81-54-75(39-45-87(81)105)96(108)112-59-63-20-9-4-10-21-63)104-94(103-92)85-52-73(71-29-17-31-79(50-71)101-2)37-43-91(85)106-88-46-40-76(97(109)113-60-64-22-11-5-12-23-64)55-82(88)83-56-77(41-47-89(83)106)98(110)114-61-65-24-13-6-14-25-65/h3-56H,58-61H2. The van der Waals surface area contributed by atoms with Gasteiger partial charge >= 0.3 is 23.9 Å². The van der Waals surface area contributed by atoms with Crippen molar-refractivity contribution in [2.24, 2.45) is 0 Å². The van der Waals surface area contributed by atoms with E-state index in [1.54, 1.807) is 66.7 Å². The van der Waals surface area contributed by atoms with Gasteiger partial charge in [0, 0.05) is 38.2 Å². The molecule has 0 aliphatic carbocycles. The van der Waals surface area contributed by atoms with Gasteiger partial charge in [0.05, 0.1) is 80.5 Å². The number of benzene rings is 14. The highest BCUT2D eigenvalue weighted by atomic mass is 16.5. The summed E-state index contributed by atoms with van der Waals surface area (Å²) in [6.07, 6.45) is 0. The fraction of sp³-hybridized carbons (Fsp3) is 0.0408. The van der Waals surface area contributed by atoms with E-state index in [9.17, 15) is 24.4 Å². The molecule has 0 saturated heterocycles. The number of hydrogen-bond donors (Lipinski definition) is 0. The predicted octanol–water partition coefficient (Wildman–Crippen LogP) is 22.5. The van der Waals surface area contributed by atoms with Crippen LogP contribution in [0.2, 0.25) is 0 Å². The number of rotatable bonds is 20. The molecule has 0 radical (unpaired) electrons. The van der Waals surface area contributed by atoms with Gasteiger partial charge in [-0.2, -0.15) is 5.26 Å². The van der Waals surface area contributed by atoms with E-state index in [4.69, 9.17) is 47.0 Å². The Balaban J connectivity index is 0.908. The lowest BCUT2D eigenvalue weighted by molar-refractivity contribution is 0.0464. The molecule has 0 saturated carbocycles. The van der Waals surface area contributed by atoms with Gasteiger partial charge in [-0.05, 0) is 177 Å². The number of hydrogen-bond acceptors (Lipinski definition) is 12. The quantitative estimate of drug-likeness (QED) is 0.0400. The van der Waals surface area contributed by atoms with Crippen molar-refractivity contribution in [2.75, 3.05) is 0 Å². The molecule has 0 bridgehead atoms. The monoisotopic (exact) mass is 1480 g/mol. The highest BCUT2D eigenvalue weighted by Crippen LogP contribution is 2.43. The van der Waals surface area contributed by atoms with Crippen LogP contribution < -0.4 is 0 Å². The summed E-state index contributed by atoms with van der Waals surface area (Å²) in [4.78, 5) is 81.5. The summed E-state index contributed by atoms with van der Waals surface area (Å²) >= 11 is 0. The van der Waals surface area contributed by atoms with Gasteiger partial charge < -0.3 is 28.1 Å². The zero-order valence-electron chi connectivity index (χ0n) is 60.8. The molecule has 0 unspecified atom stereocenters. The molecule has 17 aromatic rings. The summed E-state index contributed by atoms with van der Waals surface area (Å²) in [6, 6.07) is 103.